The van der Waals surface area contributed by atoms with Crippen LogP contribution in [0.5, 0.6) is 0 Å². The fourth-order valence-electron chi connectivity index (χ4n) is 0.489. The number of carbonyl (C=O) groups is 1. The molecule has 0 saturated heterocycles. The molecule has 11 heavy (non-hydrogen) atoms. The van der Waals surface area contributed by atoms with E-state index in [0.29, 0.717) is 0 Å². The van der Waals surface area contributed by atoms with Gasteiger partial charge in [0, 0.05) is 0 Å². The average Bonchev–Trinajstić information content (AvgIpc) is 1.81. The normalized spacial score (nSPS) is 12.4. The maximum Gasteiger partial charge on any atom is 0.346 e. The smallest absolute Gasteiger partial charge is 0.346 e. The van der Waals surface area contributed by atoms with E-state index in [0.717, 1.165) is 0 Å². The summed E-state index contributed by atoms with van der Waals surface area (Å²) in [6, 6.07) is 0. The van der Waals surface area contributed by atoms with Crippen molar-refractivity contribution in [2.45, 2.75) is 26.1 Å². The number of halogens is 2. The lowest BCUT2D eigenvalue weighted by Gasteiger charge is -2.09. The van der Waals surface area contributed by atoms with Crippen LogP contribution in [0.15, 0.2) is 0 Å². The van der Waals surface area contributed by atoms with E-state index in [1.54, 1.807) is 0 Å². The first-order valence-electron chi connectivity index (χ1n) is 2.80. The summed E-state index contributed by atoms with van der Waals surface area (Å²) in [4.78, 5) is 10.2. The quantitative estimate of drug-likeness (QED) is 0.627. The number of carbonyl (C=O) groups excluding carboxylic acids is 1. The molecule has 4 N–H and O–H groups in total. The molecule has 0 aliphatic carbocycles. The van der Waals surface area contributed by atoms with Crippen LogP contribution in [-0.4, -0.2) is 24.1 Å². The second-order valence-corrected chi connectivity index (χ2v) is 1.70. The summed E-state index contributed by atoms with van der Waals surface area (Å²) in [5.74, 6) is -0.859. The Morgan fingerprint density at radius 3 is 2.18 bits per heavy atom. The molecule has 0 bridgehead atoms. The molecule has 1 amide bonds. The van der Waals surface area contributed by atoms with Gasteiger partial charge in [-0.05, 0) is 6.42 Å². The van der Waals surface area contributed by atoms with Gasteiger partial charge in [-0.1, -0.05) is 6.92 Å². The summed E-state index contributed by atoms with van der Waals surface area (Å²) in [7, 11) is 0. The highest BCUT2D eigenvalue weighted by molar-refractivity contribution is 5.78. The predicted octanol–water partition coefficient (Wildman–Crippen LogP) is -0.335. The number of rotatable bonds is 4. The Labute approximate surface area is 62.6 Å². The molecule has 0 fully saturated rings. The molecule has 0 spiro atoms. The molecule has 0 aromatic rings. The summed E-state index contributed by atoms with van der Waals surface area (Å²) in [6.45, 7) is -1.39. The van der Waals surface area contributed by atoms with Crippen LogP contribution in [-0.2, 0) is 9.53 Å². The van der Waals surface area contributed by atoms with Crippen molar-refractivity contribution in [1.82, 2.24) is 0 Å². The minimum atomic E-state index is -2.93. The Morgan fingerprint density at radius 1 is 1.64 bits per heavy atom. The lowest BCUT2D eigenvalue weighted by molar-refractivity contribution is -0.173. The highest BCUT2D eigenvalue weighted by Gasteiger charge is 2.17. The van der Waals surface area contributed by atoms with Crippen molar-refractivity contribution >= 4 is 5.91 Å². The number of ether oxygens (including phenoxy) is 1. The number of amides is 1. The zero-order valence-corrected chi connectivity index (χ0v) is 6.01. The van der Waals surface area contributed by atoms with Crippen molar-refractivity contribution in [3.05, 3.63) is 0 Å². The molecular formula is C5H11F2NO3. The molecule has 0 heterocycles. The summed E-state index contributed by atoms with van der Waals surface area (Å²) < 4.78 is 26.7. The van der Waals surface area contributed by atoms with Crippen LogP contribution >= 0.6 is 0 Å². The van der Waals surface area contributed by atoms with E-state index < -0.39 is 18.6 Å². The SMILES string of the molecule is CCC(OC(F)F)C(N)=O.O. The fraction of sp³-hybridized carbons (Fsp3) is 0.800. The minimum Gasteiger partial charge on any atom is -0.412 e. The largest absolute Gasteiger partial charge is 0.412 e. The molecule has 0 aromatic heterocycles. The highest BCUT2D eigenvalue weighted by Crippen LogP contribution is 2.03. The van der Waals surface area contributed by atoms with E-state index >= 15 is 0 Å². The Balaban J connectivity index is 0. The van der Waals surface area contributed by atoms with Crippen molar-refractivity contribution < 1.29 is 23.8 Å². The Kier molecular flexibility index (Phi) is 7.02. The minimum absolute atomic E-state index is 0. The van der Waals surface area contributed by atoms with Crippen molar-refractivity contribution in [3.63, 3.8) is 0 Å². The van der Waals surface area contributed by atoms with Crippen LogP contribution < -0.4 is 5.73 Å². The maximum atomic E-state index is 11.4. The predicted molar refractivity (Wildman–Crippen MR) is 34.0 cm³/mol. The molecule has 4 nitrogen and oxygen atoms in total. The Morgan fingerprint density at radius 2 is 2.09 bits per heavy atom. The van der Waals surface area contributed by atoms with E-state index in [1.165, 1.54) is 6.92 Å². The van der Waals surface area contributed by atoms with Crippen LogP contribution in [0.3, 0.4) is 0 Å². The van der Waals surface area contributed by atoms with Gasteiger partial charge in [0.1, 0.15) is 6.10 Å². The van der Waals surface area contributed by atoms with Gasteiger partial charge in [0.2, 0.25) is 5.91 Å². The molecule has 0 aliphatic rings. The Bertz CT molecular complexity index is 120. The monoisotopic (exact) mass is 171 g/mol. The van der Waals surface area contributed by atoms with E-state index in [1.807, 2.05) is 0 Å². The van der Waals surface area contributed by atoms with Gasteiger partial charge < -0.3 is 15.9 Å². The van der Waals surface area contributed by atoms with E-state index in [2.05, 4.69) is 4.74 Å². The first-order valence-corrected chi connectivity index (χ1v) is 2.80. The van der Waals surface area contributed by atoms with E-state index in [4.69, 9.17) is 5.73 Å². The third-order valence-corrected chi connectivity index (χ3v) is 0.955. The van der Waals surface area contributed by atoms with E-state index in [9.17, 15) is 13.6 Å². The van der Waals surface area contributed by atoms with Crippen LogP contribution in [0.25, 0.3) is 0 Å². The number of primary amides is 1. The molecule has 0 aromatic carbocycles. The van der Waals surface area contributed by atoms with Crippen molar-refractivity contribution in [1.29, 1.82) is 0 Å². The van der Waals surface area contributed by atoms with Crippen LogP contribution in [0.1, 0.15) is 13.3 Å². The third kappa shape index (κ3) is 5.68. The summed E-state index contributed by atoms with van der Waals surface area (Å²) >= 11 is 0. The van der Waals surface area contributed by atoms with Crippen LogP contribution in [0.4, 0.5) is 8.78 Å². The standard InChI is InChI=1S/C5H9F2NO2.H2O/c1-2-3(4(8)9)10-5(6)7;/h3,5H,2H2,1H3,(H2,8,9);1H2. The molecule has 0 rings (SSSR count). The summed E-state index contributed by atoms with van der Waals surface area (Å²) in [5.41, 5.74) is 4.70. The van der Waals surface area contributed by atoms with Crippen molar-refractivity contribution in [2.75, 3.05) is 0 Å². The zero-order valence-electron chi connectivity index (χ0n) is 6.01. The molecule has 0 aliphatic heterocycles. The van der Waals surface area contributed by atoms with Gasteiger partial charge in [-0.25, -0.2) is 0 Å². The number of nitrogens with two attached hydrogens (primary N) is 1. The van der Waals surface area contributed by atoms with Crippen molar-refractivity contribution in [2.24, 2.45) is 5.73 Å². The van der Waals surface area contributed by atoms with Gasteiger partial charge in [-0.15, -0.1) is 0 Å². The lowest BCUT2D eigenvalue weighted by atomic mass is 10.3. The maximum absolute atomic E-state index is 11.4. The van der Waals surface area contributed by atoms with Gasteiger partial charge in [0.05, 0.1) is 0 Å². The van der Waals surface area contributed by atoms with E-state index in [-0.39, 0.29) is 11.9 Å². The fourth-order valence-corrected chi connectivity index (χ4v) is 0.489. The van der Waals surface area contributed by atoms with Crippen molar-refractivity contribution in [3.8, 4) is 0 Å². The molecule has 1 atom stereocenters. The zero-order chi connectivity index (χ0) is 8.15. The molecule has 0 saturated carbocycles. The molecule has 68 valence electrons. The first-order chi connectivity index (χ1) is 4.57. The molecule has 0 radical (unpaired) electrons. The molecule has 6 heteroatoms. The second-order valence-electron chi connectivity index (χ2n) is 1.70. The van der Waals surface area contributed by atoms with Gasteiger partial charge in [0.15, 0.2) is 0 Å². The number of hydrogen-bond acceptors (Lipinski definition) is 2. The van der Waals surface area contributed by atoms with Gasteiger partial charge in [0.25, 0.3) is 0 Å². The van der Waals surface area contributed by atoms with Gasteiger partial charge in [-0.3, -0.25) is 4.79 Å². The van der Waals surface area contributed by atoms with Gasteiger partial charge in [-0.2, -0.15) is 8.78 Å². The second kappa shape index (κ2) is 5.99. The Hall–Kier alpha value is -0.750. The molecular weight excluding hydrogens is 160 g/mol. The topological polar surface area (TPSA) is 83.8 Å². The first kappa shape index (κ1) is 12.9. The van der Waals surface area contributed by atoms with Crippen LogP contribution in [0, 0.1) is 0 Å². The van der Waals surface area contributed by atoms with Crippen LogP contribution in [0.2, 0.25) is 0 Å². The summed E-state index contributed by atoms with van der Waals surface area (Å²) in [6.07, 6.45) is -1.00. The third-order valence-electron chi connectivity index (χ3n) is 0.955. The lowest BCUT2D eigenvalue weighted by Crippen LogP contribution is -2.31. The number of hydrogen-bond donors (Lipinski definition) is 1. The number of alkyl halides is 2. The summed E-state index contributed by atoms with van der Waals surface area (Å²) in [5, 5.41) is 0. The average molecular weight is 171 g/mol. The highest BCUT2D eigenvalue weighted by atomic mass is 19.3. The van der Waals surface area contributed by atoms with Gasteiger partial charge >= 0.3 is 6.61 Å². The molecule has 1 unspecified atom stereocenters.